The van der Waals surface area contributed by atoms with Gasteiger partial charge >= 0.3 is 5.97 Å². The molecular formula is C10H7BrF2N2O2. The molecule has 1 rings (SSSR count). The largest absolute Gasteiger partial charge is 0.469 e. The molecule has 0 aliphatic carbocycles. The van der Waals surface area contributed by atoms with Crippen molar-refractivity contribution < 1.29 is 18.3 Å². The van der Waals surface area contributed by atoms with Crippen molar-refractivity contribution in [2.75, 3.05) is 7.11 Å². The zero-order valence-electron chi connectivity index (χ0n) is 8.71. The first-order chi connectivity index (χ1) is 7.99. The maximum Gasteiger partial charge on any atom is 0.310 e. The van der Waals surface area contributed by atoms with Crippen molar-refractivity contribution in [1.29, 1.82) is 5.26 Å². The van der Waals surface area contributed by atoms with Gasteiger partial charge in [0, 0.05) is 10.0 Å². The van der Waals surface area contributed by atoms with E-state index < -0.39 is 18.1 Å². The molecule has 0 spiro atoms. The standard InChI is InChI=1S/C10H7BrF2N2O2/c1-17-8(16)3-5-2-6(11)9(10(12)13)15-7(5)4-14/h2,10H,3H2,1H3. The predicted molar refractivity (Wildman–Crippen MR) is 57.3 cm³/mol. The van der Waals surface area contributed by atoms with E-state index in [4.69, 9.17) is 5.26 Å². The van der Waals surface area contributed by atoms with E-state index in [0.717, 1.165) is 0 Å². The molecule has 0 N–H and O–H groups in total. The van der Waals surface area contributed by atoms with E-state index in [-0.39, 0.29) is 22.2 Å². The van der Waals surface area contributed by atoms with Gasteiger partial charge in [0.15, 0.2) is 0 Å². The zero-order valence-corrected chi connectivity index (χ0v) is 10.3. The van der Waals surface area contributed by atoms with Gasteiger partial charge in [0.2, 0.25) is 0 Å². The normalized spacial score (nSPS) is 10.1. The van der Waals surface area contributed by atoms with Crippen LogP contribution in [0.4, 0.5) is 8.78 Å². The van der Waals surface area contributed by atoms with E-state index in [2.05, 4.69) is 25.7 Å². The maximum absolute atomic E-state index is 12.5. The summed E-state index contributed by atoms with van der Waals surface area (Å²) in [5.41, 5.74) is -0.473. The fourth-order valence-corrected chi connectivity index (χ4v) is 1.69. The molecule has 0 saturated carbocycles. The highest BCUT2D eigenvalue weighted by Crippen LogP contribution is 2.27. The first-order valence-electron chi connectivity index (χ1n) is 4.44. The third-order valence-corrected chi connectivity index (χ3v) is 2.59. The summed E-state index contributed by atoms with van der Waals surface area (Å²) in [6.45, 7) is 0. The smallest absolute Gasteiger partial charge is 0.310 e. The molecule has 90 valence electrons. The number of aromatic nitrogens is 1. The minimum atomic E-state index is -2.79. The van der Waals surface area contributed by atoms with Crippen molar-refractivity contribution in [2.24, 2.45) is 0 Å². The lowest BCUT2D eigenvalue weighted by atomic mass is 10.1. The van der Waals surface area contributed by atoms with Gasteiger partial charge < -0.3 is 4.74 Å². The van der Waals surface area contributed by atoms with Gasteiger partial charge in [0.05, 0.1) is 13.5 Å². The van der Waals surface area contributed by atoms with E-state index in [1.54, 1.807) is 6.07 Å². The van der Waals surface area contributed by atoms with Gasteiger partial charge in [-0.15, -0.1) is 0 Å². The topological polar surface area (TPSA) is 63.0 Å². The third kappa shape index (κ3) is 3.20. The van der Waals surface area contributed by atoms with E-state index in [0.29, 0.717) is 0 Å². The predicted octanol–water partition coefficient (Wildman–Crippen LogP) is 2.37. The summed E-state index contributed by atoms with van der Waals surface area (Å²) in [4.78, 5) is 14.6. The van der Waals surface area contributed by atoms with Gasteiger partial charge in [-0.1, -0.05) is 0 Å². The lowest BCUT2D eigenvalue weighted by Gasteiger charge is -2.07. The van der Waals surface area contributed by atoms with Crippen LogP contribution in [0.3, 0.4) is 0 Å². The Labute approximate surface area is 104 Å². The highest BCUT2D eigenvalue weighted by Gasteiger charge is 2.18. The molecule has 0 fully saturated rings. The lowest BCUT2D eigenvalue weighted by Crippen LogP contribution is -2.08. The fourth-order valence-electron chi connectivity index (χ4n) is 1.15. The molecule has 0 unspecified atom stereocenters. The first kappa shape index (κ1) is 13.5. The molecule has 1 aromatic rings. The molecule has 0 bridgehead atoms. The number of hydrogen-bond acceptors (Lipinski definition) is 4. The number of rotatable bonds is 3. The summed E-state index contributed by atoms with van der Waals surface area (Å²) in [6, 6.07) is 2.96. The van der Waals surface area contributed by atoms with Crippen LogP contribution in [-0.4, -0.2) is 18.1 Å². The number of nitriles is 1. The molecule has 17 heavy (non-hydrogen) atoms. The molecule has 0 radical (unpaired) electrons. The SMILES string of the molecule is COC(=O)Cc1cc(Br)c(C(F)F)nc1C#N. The highest BCUT2D eigenvalue weighted by atomic mass is 79.9. The van der Waals surface area contributed by atoms with Crippen LogP contribution in [-0.2, 0) is 16.0 Å². The van der Waals surface area contributed by atoms with Crippen molar-refractivity contribution in [3.05, 3.63) is 27.5 Å². The average Bonchev–Trinajstić information content (AvgIpc) is 2.28. The molecule has 1 aromatic heterocycles. The van der Waals surface area contributed by atoms with E-state index in [9.17, 15) is 13.6 Å². The lowest BCUT2D eigenvalue weighted by molar-refractivity contribution is -0.139. The number of methoxy groups -OCH3 is 1. The van der Waals surface area contributed by atoms with E-state index in [1.807, 2.05) is 0 Å². The van der Waals surface area contributed by atoms with Crippen LogP contribution in [0.1, 0.15) is 23.4 Å². The maximum atomic E-state index is 12.5. The molecule has 0 aliphatic rings. The zero-order chi connectivity index (χ0) is 13.0. The number of hydrogen-bond donors (Lipinski definition) is 0. The van der Waals surface area contributed by atoms with Crippen LogP contribution in [0.25, 0.3) is 0 Å². The van der Waals surface area contributed by atoms with Crippen LogP contribution in [0, 0.1) is 11.3 Å². The molecule has 0 aliphatic heterocycles. The van der Waals surface area contributed by atoms with Crippen LogP contribution < -0.4 is 0 Å². The van der Waals surface area contributed by atoms with Crippen LogP contribution >= 0.6 is 15.9 Å². The number of carbonyl (C=O) groups is 1. The summed E-state index contributed by atoms with van der Waals surface area (Å²) in [7, 11) is 1.20. The Hall–Kier alpha value is -1.55. The Morgan fingerprint density at radius 3 is 2.82 bits per heavy atom. The second-order valence-electron chi connectivity index (χ2n) is 3.03. The minimum Gasteiger partial charge on any atom is -0.469 e. The second-order valence-corrected chi connectivity index (χ2v) is 3.88. The molecule has 1 heterocycles. The fraction of sp³-hybridized carbons (Fsp3) is 0.300. The molecule has 4 nitrogen and oxygen atoms in total. The Bertz CT molecular complexity index is 486. The Balaban J connectivity index is 3.20. The number of carbonyl (C=O) groups excluding carboxylic acids is 1. The Morgan fingerprint density at radius 1 is 1.71 bits per heavy atom. The quantitative estimate of drug-likeness (QED) is 0.804. The van der Waals surface area contributed by atoms with Gasteiger partial charge in [0.25, 0.3) is 6.43 Å². The van der Waals surface area contributed by atoms with E-state index >= 15 is 0 Å². The van der Waals surface area contributed by atoms with Crippen LogP contribution in [0.15, 0.2) is 10.5 Å². The highest BCUT2D eigenvalue weighted by molar-refractivity contribution is 9.10. The number of esters is 1. The van der Waals surface area contributed by atoms with E-state index in [1.165, 1.54) is 13.2 Å². The summed E-state index contributed by atoms with van der Waals surface area (Å²) in [5, 5.41) is 8.78. The van der Waals surface area contributed by atoms with Gasteiger partial charge in [-0.2, -0.15) is 5.26 Å². The number of pyridine rings is 1. The molecular weight excluding hydrogens is 298 g/mol. The van der Waals surface area contributed by atoms with Crippen molar-refractivity contribution in [1.82, 2.24) is 4.98 Å². The van der Waals surface area contributed by atoms with Crippen molar-refractivity contribution in [3.8, 4) is 6.07 Å². The third-order valence-electron chi connectivity index (χ3n) is 1.96. The Kier molecular flexibility index (Phi) is 4.52. The number of ether oxygens (including phenoxy) is 1. The summed E-state index contributed by atoms with van der Waals surface area (Å²) < 4.78 is 29.5. The monoisotopic (exact) mass is 304 g/mol. The number of halogens is 3. The first-order valence-corrected chi connectivity index (χ1v) is 5.23. The van der Waals surface area contributed by atoms with Gasteiger partial charge in [0.1, 0.15) is 17.5 Å². The molecule has 0 aromatic carbocycles. The summed E-state index contributed by atoms with van der Waals surface area (Å²) >= 11 is 2.92. The van der Waals surface area contributed by atoms with Crippen LogP contribution in [0.2, 0.25) is 0 Å². The van der Waals surface area contributed by atoms with Crippen LogP contribution in [0.5, 0.6) is 0 Å². The second kappa shape index (κ2) is 5.68. The summed E-state index contributed by atoms with van der Waals surface area (Å²) in [5.74, 6) is -0.569. The minimum absolute atomic E-state index is 0.0606. The number of alkyl halides is 2. The number of nitrogens with zero attached hydrogens (tertiary/aromatic N) is 2. The van der Waals surface area contributed by atoms with Gasteiger partial charge in [-0.25, -0.2) is 13.8 Å². The van der Waals surface area contributed by atoms with Crippen molar-refractivity contribution >= 4 is 21.9 Å². The molecule has 7 heteroatoms. The molecule has 0 amide bonds. The molecule has 0 atom stereocenters. The van der Waals surface area contributed by atoms with Gasteiger partial charge in [-0.3, -0.25) is 4.79 Å². The average molecular weight is 305 g/mol. The molecule has 0 saturated heterocycles. The summed E-state index contributed by atoms with van der Waals surface area (Å²) in [6.07, 6.45) is -2.97. The van der Waals surface area contributed by atoms with Crippen molar-refractivity contribution in [2.45, 2.75) is 12.8 Å². The van der Waals surface area contributed by atoms with Gasteiger partial charge in [-0.05, 0) is 22.0 Å². The van der Waals surface area contributed by atoms with Crippen molar-refractivity contribution in [3.63, 3.8) is 0 Å². The Morgan fingerprint density at radius 2 is 2.35 bits per heavy atom.